The van der Waals surface area contributed by atoms with E-state index in [2.05, 4.69) is 10.3 Å². The zero-order chi connectivity index (χ0) is 27.4. The van der Waals surface area contributed by atoms with Gasteiger partial charge in [0.05, 0.1) is 10.3 Å². The van der Waals surface area contributed by atoms with Crippen molar-refractivity contribution >= 4 is 34.4 Å². The molecule has 0 bridgehead atoms. The summed E-state index contributed by atoms with van der Waals surface area (Å²) in [5, 5.41) is 23.7. The lowest BCUT2D eigenvalue weighted by Gasteiger charge is -2.34. The largest absolute Gasteiger partial charge is 0.508 e. The zero-order valence-electron chi connectivity index (χ0n) is 20.7. The minimum Gasteiger partial charge on any atom is -0.508 e. The molecule has 1 saturated heterocycles. The van der Waals surface area contributed by atoms with Gasteiger partial charge in [-0.3, -0.25) is 29.6 Å². The fourth-order valence-electron chi connectivity index (χ4n) is 4.56. The third kappa shape index (κ3) is 5.33. The summed E-state index contributed by atoms with van der Waals surface area (Å²) in [5.74, 6) is -1.64. The van der Waals surface area contributed by atoms with Crippen LogP contribution in [-0.2, 0) is 25.7 Å². The Morgan fingerprint density at radius 3 is 2.63 bits per heavy atom. The number of hydrogen-bond donors (Lipinski definition) is 2. The number of aromatic hydroxyl groups is 1. The number of nitrogens with zero attached hydrogens (tertiary/aromatic N) is 3. The molecule has 1 aliphatic rings. The van der Waals surface area contributed by atoms with Gasteiger partial charge in [0.1, 0.15) is 22.8 Å². The summed E-state index contributed by atoms with van der Waals surface area (Å²) < 4.78 is 0. The zero-order valence-corrected chi connectivity index (χ0v) is 20.7. The molecule has 2 N–H and O–H groups in total. The van der Waals surface area contributed by atoms with E-state index in [1.54, 1.807) is 19.1 Å². The molecule has 198 valence electrons. The highest BCUT2D eigenvalue weighted by molar-refractivity contribution is 5.94. The summed E-state index contributed by atoms with van der Waals surface area (Å²) in [6.45, 7) is 3.12. The maximum absolute atomic E-state index is 13.6. The van der Waals surface area contributed by atoms with Gasteiger partial charge < -0.3 is 15.3 Å². The Hall–Kier alpha value is -4.74. The third-order valence-electron chi connectivity index (χ3n) is 6.51. The van der Waals surface area contributed by atoms with Gasteiger partial charge in [0, 0.05) is 32.2 Å². The van der Waals surface area contributed by atoms with Crippen molar-refractivity contribution in [2.75, 3.05) is 6.54 Å². The number of nitro groups is 1. The van der Waals surface area contributed by atoms with Gasteiger partial charge in [-0.05, 0) is 55.7 Å². The number of aromatic nitrogens is 1. The fourth-order valence-corrected chi connectivity index (χ4v) is 4.56. The van der Waals surface area contributed by atoms with Gasteiger partial charge in [-0.2, -0.15) is 0 Å². The van der Waals surface area contributed by atoms with Crippen LogP contribution in [0.5, 0.6) is 11.5 Å². The van der Waals surface area contributed by atoms with E-state index in [0.29, 0.717) is 18.4 Å². The van der Waals surface area contributed by atoms with Gasteiger partial charge in [0.25, 0.3) is 5.69 Å². The molecule has 2 unspecified atom stereocenters. The van der Waals surface area contributed by atoms with E-state index < -0.39 is 34.3 Å². The van der Waals surface area contributed by atoms with Crippen LogP contribution in [-0.4, -0.2) is 55.8 Å². The van der Waals surface area contributed by atoms with Crippen LogP contribution in [0.1, 0.15) is 32.3 Å². The lowest BCUT2D eigenvalue weighted by Crippen LogP contribution is -2.58. The smallest absolute Gasteiger partial charge is 0.380 e. The Morgan fingerprint density at radius 2 is 1.95 bits per heavy atom. The molecule has 0 radical (unpaired) electrons. The van der Waals surface area contributed by atoms with Crippen molar-refractivity contribution in [3.8, 4) is 11.5 Å². The van der Waals surface area contributed by atoms with Gasteiger partial charge in [0.15, 0.2) is 0 Å². The van der Waals surface area contributed by atoms with E-state index in [0.717, 1.165) is 0 Å². The number of carbonyl (C=O) groups is 3. The van der Waals surface area contributed by atoms with Crippen LogP contribution < -0.4 is 10.2 Å². The Morgan fingerprint density at radius 1 is 1.21 bits per heavy atom. The monoisotopic (exact) mass is 522 g/mol. The van der Waals surface area contributed by atoms with Crippen LogP contribution in [0.3, 0.4) is 0 Å². The lowest BCUT2D eigenvalue weighted by atomic mass is 9.97. The molecule has 1 fully saturated rings. The minimum absolute atomic E-state index is 0.00229. The number of fused-ring (bicyclic) bond motifs is 1. The van der Waals surface area contributed by atoms with Gasteiger partial charge in [-0.1, -0.05) is 12.1 Å². The average Bonchev–Trinajstić information content (AvgIpc) is 3.29. The van der Waals surface area contributed by atoms with Gasteiger partial charge in [-0.25, -0.2) is 9.68 Å². The average molecular weight is 523 g/mol. The summed E-state index contributed by atoms with van der Waals surface area (Å²) >= 11 is 0. The number of nitro benzene ring substituents is 1. The Bertz CT molecular complexity index is 1390. The number of phenolic OH excluding ortho intramolecular Hbond substituents is 1. The summed E-state index contributed by atoms with van der Waals surface area (Å²) in [7, 11) is 0. The second kappa shape index (κ2) is 10.7. The van der Waals surface area contributed by atoms with E-state index in [-0.39, 0.29) is 41.1 Å². The van der Waals surface area contributed by atoms with Crippen molar-refractivity contribution < 1.29 is 34.2 Å². The van der Waals surface area contributed by atoms with E-state index in [1.807, 2.05) is 0 Å². The van der Waals surface area contributed by atoms with E-state index in [4.69, 9.17) is 9.78 Å². The third-order valence-corrected chi connectivity index (χ3v) is 6.51. The van der Waals surface area contributed by atoms with E-state index in [1.165, 1.54) is 54.4 Å². The predicted octanol–water partition coefficient (Wildman–Crippen LogP) is 2.81. The number of amides is 2. The molecule has 12 heteroatoms. The molecule has 12 nitrogen and oxygen atoms in total. The van der Waals surface area contributed by atoms with Crippen molar-refractivity contribution in [1.82, 2.24) is 15.2 Å². The Kier molecular flexibility index (Phi) is 7.42. The number of benzene rings is 2. The second-order valence-corrected chi connectivity index (χ2v) is 9.18. The number of nitrogens with one attached hydrogen (secondary N) is 1. The van der Waals surface area contributed by atoms with Gasteiger partial charge in [-0.15, -0.1) is 0 Å². The highest BCUT2D eigenvalue weighted by Gasteiger charge is 2.49. The number of non-ortho nitro benzene ring substituents is 1. The van der Waals surface area contributed by atoms with Crippen LogP contribution in [0.4, 0.5) is 5.69 Å². The molecule has 1 aromatic heterocycles. The number of hydrogen-bond acceptors (Lipinski definition) is 9. The van der Waals surface area contributed by atoms with Crippen molar-refractivity contribution in [1.29, 1.82) is 0 Å². The van der Waals surface area contributed by atoms with Crippen LogP contribution in [0, 0.1) is 10.1 Å². The molecular weight excluding hydrogens is 496 g/mol. The molecule has 0 saturated carbocycles. The number of rotatable bonds is 8. The molecule has 2 atom stereocenters. The maximum atomic E-state index is 13.6. The quantitative estimate of drug-likeness (QED) is 0.257. The normalized spacial score (nSPS) is 17.6. The predicted molar refractivity (Wildman–Crippen MR) is 134 cm³/mol. The first-order chi connectivity index (χ1) is 18.1. The maximum Gasteiger partial charge on any atom is 0.380 e. The van der Waals surface area contributed by atoms with Crippen LogP contribution in [0.25, 0.3) is 10.9 Å². The summed E-state index contributed by atoms with van der Waals surface area (Å²) in [6, 6.07) is 10.9. The highest BCUT2D eigenvalue weighted by atomic mass is 17.2. The standard InChI is InChI=1S/C26H26N4O8/c1-16(31)28-20(15-17-6-8-18(32)9-7-17)24(33)29-14-4-12-26(29,2)25(34)38-37-22-11-10-21(30(35)36)19-5-3-13-27-23(19)22/h3,5-11,13,20,32H,4,12,14-15H2,1-2H3,(H,28,31). The lowest BCUT2D eigenvalue weighted by molar-refractivity contribution is -0.383. The van der Waals surface area contributed by atoms with Crippen molar-refractivity contribution in [3.05, 3.63) is 70.4 Å². The molecular formula is C26H26N4O8. The summed E-state index contributed by atoms with van der Waals surface area (Å²) in [6.07, 6.45) is 2.39. The van der Waals surface area contributed by atoms with Crippen molar-refractivity contribution in [3.63, 3.8) is 0 Å². The molecule has 2 amide bonds. The molecule has 2 aromatic carbocycles. The van der Waals surface area contributed by atoms with E-state index >= 15 is 0 Å². The number of carbonyl (C=O) groups excluding carboxylic acids is 3. The molecule has 0 spiro atoms. The molecule has 1 aliphatic heterocycles. The Labute approximate surface area is 217 Å². The molecule has 0 aliphatic carbocycles. The summed E-state index contributed by atoms with van der Waals surface area (Å²) in [4.78, 5) is 65.3. The molecule has 3 aromatic rings. The number of likely N-dealkylation sites (tertiary alicyclic amines) is 1. The molecule has 4 rings (SSSR count). The van der Waals surface area contributed by atoms with Crippen molar-refractivity contribution in [2.45, 2.75) is 44.7 Å². The van der Waals surface area contributed by atoms with Crippen LogP contribution in [0.15, 0.2) is 54.7 Å². The van der Waals surface area contributed by atoms with Crippen molar-refractivity contribution in [2.24, 2.45) is 0 Å². The topological polar surface area (TPSA) is 161 Å². The first-order valence-electron chi connectivity index (χ1n) is 11.9. The number of pyridine rings is 1. The first-order valence-corrected chi connectivity index (χ1v) is 11.9. The second-order valence-electron chi connectivity index (χ2n) is 9.18. The minimum atomic E-state index is -1.38. The van der Waals surface area contributed by atoms with Crippen LogP contribution in [0.2, 0.25) is 0 Å². The van der Waals surface area contributed by atoms with Crippen LogP contribution >= 0.6 is 0 Å². The highest BCUT2D eigenvalue weighted by Crippen LogP contribution is 2.34. The molecule has 38 heavy (non-hydrogen) atoms. The Balaban J connectivity index is 1.53. The molecule has 2 heterocycles. The fraction of sp³-hybridized carbons (Fsp3) is 0.308. The first kappa shape index (κ1) is 26.3. The van der Waals surface area contributed by atoms with Gasteiger partial charge in [0.2, 0.25) is 17.6 Å². The number of phenols is 1. The summed E-state index contributed by atoms with van der Waals surface area (Å²) in [5.41, 5.74) is -0.714. The SMILES string of the molecule is CC(=O)NC(Cc1ccc(O)cc1)C(=O)N1CCCC1(C)C(=O)OOc1ccc([N+](=O)[O-])c2cccnc12. The van der Waals surface area contributed by atoms with Gasteiger partial charge >= 0.3 is 5.97 Å². The van der Waals surface area contributed by atoms with E-state index in [9.17, 15) is 29.6 Å².